The largest absolute Gasteiger partial charge is 0.508 e. The fraction of sp³-hybridized carbons (Fsp3) is 0.167. The first-order chi connectivity index (χ1) is 11.0. The predicted molar refractivity (Wildman–Crippen MR) is 86.1 cm³/mol. The Labute approximate surface area is 132 Å². The summed E-state index contributed by atoms with van der Waals surface area (Å²) in [5.41, 5.74) is 0.541. The molecule has 0 aliphatic carbocycles. The number of rotatable bonds is 3. The first-order valence-corrected chi connectivity index (χ1v) is 7.29. The first-order valence-electron chi connectivity index (χ1n) is 7.29. The van der Waals surface area contributed by atoms with Crippen LogP contribution in [0.15, 0.2) is 51.7 Å². The molecule has 5 nitrogen and oxygen atoms in total. The molecule has 0 aliphatic rings. The lowest BCUT2D eigenvalue weighted by atomic mass is 9.89. The molecule has 0 saturated carbocycles. The van der Waals surface area contributed by atoms with Crippen molar-refractivity contribution in [3.05, 3.63) is 64.0 Å². The standard InChI is InChI=1S/C18H16O5/c1-2-13(10-3-5-11(19)6-4-10)16-17(21)14-9-12(20)7-8-15(14)23-18(16)22/h3-9,13,19-21H,2H2,1H3/t13-/m1/s1. The summed E-state index contributed by atoms with van der Waals surface area (Å²) in [5.74, 6) is -0.459. The van der Waals surface area contributed by atoms with E-state index in [4.69, 9.17) is 4.42 Å². The van der Waals surface area contributed by atoms with Gasteiger partial charge >= 0.3 is 5.63 Å². The van der Waals surface area contributed by atoms with Crippen molar-refractivity contribution in [2.45, 2.75) is 19.3 Å². The van der Waals surface area contributed by atoms with E-state index in [-0.39, 0.29) is 39.7 Å². The molecule has 3 N–H and O–H groups in total. The summed E-state index contributed by atoms with van der Waals surface area (Å²) in [5, 5.41) is 29.8. The highest BCUT2D eigenvalue weighted by atomic mass is 16.4. The molecule has 1 aromatic heterocycles. The van der Waals surface area contributed by atoms with Crippen LogP contribution in [0.3, 0.4) is 0 Å². The SMILES string of the molecule is CC[C@H](c1ccc(O)cc1)c1c(O)c2cc(O)ccc2oc1=O. The van der Waals surface area contributed by atoms with Gasteiger partial charge in [-0.2, -0.15) is 0 Å². The van der Waals surface area contributed by atoms with Crippen LogP contribution in [0.25, 0.3) is 11.0 Å². The van der Waals surface area contributed by atoms with E-state index in [0.717, 1.165) is 5.56 Å². The molecule has 0 saturated heterocycles. The van der Waals surface area contributed by atoms with Crippen molar-refractivity contribution in [2.75, 3.05) is 0 Å². The maximum Gasteiger partial charge on any atom is 0.343 e. The van der Waals surface area contributed by atoms with Crippen LogP contribution in [0.5, 0.6) is 17.2 Å². The molecule has 118 valence electrons. The van der Waals surface area contributed by atoms with Gasteiger partial charge in [0.15, 0.2) is 0 Å². The number of fused-ring (bicyclic) bond motifs is 1. The Bertz CT molecular complexity index is 909. The highest BCUT2D eigenvalue weighted by Crippen LogP contribution is 2.37. The topological polar surface area (TPSA) is 90.9 Å². The van der Waals surface area contributed by atoms with Crippen molar-refractivity contribution in [1.29, 1.82) is 0 Å². The summed E-state index contributed by atoms with van der Waals surface area (Å²) < 4.78 is 5.28. The van der Waals surface area contributed by atoms with Crippen LogP contribution in [0, 0.1) is 0 Å². The molecule has 0 amide bonds. The summed E-state index contributed by atoms with van der Waals surface area (Å²) in [7, 11) is 0. The molecule has 3 aromatic rings. The smallest absolute Gasteiger partial charge is 0.343 e. The number of hydrogen-bond acceptors (Lipinski definition) is 5. The molecule has 0 radical (unpaired) electrons. The molecular formula is C18H16O5. The van der Waals surface area contributed by atoms with Crippen LogP contribution in [0.4, 0.5) is 0 Å². The van der Waals surface area contributed by atoms with E-state index in [9.17, 15) is 20.1 Å². The molecule has 1 heterocycles. The summed E-state index contributed by atoms with van der Waals surface area (Å²) in [6.45, 7) is 1.89. The number of hydrogen-bond donors (Lipinski definition) is 3. The van der Waals surface area contributed by atoms with Crippen molar-refractivity contribution in [3.8, 4) is 17.2 Å². The van der Waals surface area contributed by atoms with Crippen LogP contribution in [-0.2, 0) is 0 Å². The van der Waals surface area contributed by atoms with Crippen LogP contribution in [-0.4, -0.2) is 15.3 Å². The Morgan fingerprint density at radius 3 is 2.30 bits per heavy atom. The summed E-state index contributed by atoms with van der Waals surface area (Å²) in [4.78, 5) is 12.3. The van der Waals surface area contributed by atoms with Crippen molar-refractivity contribution < 1.29 is 19.7 Å². The van der Waals surface area contributed by atoms with E-state index in [1.165, 1.54) is 30.3 Å². The third kappa shape index (κ3) is 2.61. The zero-order valence-electron chi connectivity index (χ0n) is 12.5. The Kier molecular flexibility index (Phi) is 3.70. The second kappa shape index (κ2) is 5.68. The molecule has 0 bridgehead atoms. The Morgan fingerprint density at radius 1 is 1.00 bits per heavy atom. The van der Waals surface area contributed by atoms with Gasteiger partial charge in [0.05, 0.1) is 10.9 Å². The normalized spacial score (nSPS) is 12.4. The number of benzene rings is 2. The average Bonchev–Trinajstić information content (AvgIpc) is 2.53. The van der Waals surface area contributed by atoms with Gasteiger partial charge in [0, 0.05) is 5.92 Å². The van der Waals surface area contributed by atoms with E-state index >= 15 is 0 Å². The van der Waals surface area contributed by atoms with Crippen LogP contribution >= 0.6 is 0 Å². The summed E-state index contributed by atoms with van der Waals surface area (Å²) in [6.07, 6.45) is 0.563. The van der Waals surface area contributed by atoms with Crippen molar-refractivity contribution in [2.24, 2.45) is 0 Å². The molecule has 0 aliphatic heterocycles. The molecule has 23 heavy (non-hydrogen) atoms. The third-order valence-corrected chi connectivity index (χ3v) is 3.95. The van der Waals surface area contributed by atoms with Crippen molar-refractivity contribution in [3.63, 3.8) is 0 Å². The molecule has 2 aromatic carbocycles. The maximum absolute atomic E-state index is 12.3. The van der Waals surface area contributed by atoms with Gasteiger partial charge < -0.3 is 19.7 Å². The average molecular weight is 312 g/mol. The van der Waals surface area contributed by atoms with E-state index < -0.39 is 5.63 Å². The Balaban J connectivity index is 2.24. The minimum absolute atomic E-state index is 0.0229. The van der Waals surface area contributed by atoms with E-state index in [0.29, 0.717) is 6.42 Å². The van der Waals surface area contributed by atoms with Gasteiger partial charge in [-0.05, 0) is 42.3 Å². The molecular weight excluding hydrogens is 296 g/mol. The van der Waals surface area contributed by atoms with Crippen molar-refractivity contribution >= 4 is 11.0 Å². The van der Waals surface area contributed by atoms with Gasteiger partial charge in [0.2, 0.25) is 0 Å². The summed E-state index contributed by atoms with van der Waals surface area (Å²) >= 11 is 0. The van der Waals surface area contributed by atoms with Gasteiger partial charge in [-0.15, -0.1) is 0 Å². The molecule has 0 fully saturated rings. The number of phenols is 2. The molecule has 1 atom stereocenters. The molecule has 3 rings (SSSR count). The lowest BCUT2D eigenvalue weighted by Gasteiger charge is -2.17. The molecule has 0 spiro atoms. The lowest BCUT2D eigenvalue weighted by Crippen LogP contribution is -2.13. The van der Waals surface area contributed by atoms with E-state index in [1.807, 2.05) is 6.92 Å². The van der Waals surface area contributed by atoms with Crippen LogP contribution in [0.1, 0.15) is 30.4 Å². The van der Waals surface area contributed by atoms with Crippen LogP contribution in [0.2, 0.25) is 0 Å². The fourth-order valence-electron chi connectivity index (χ4n) is 2.81. The van der Waals surface area contributed by atoms with Gasteiger partial charge in [-0.1, -0.05) is 19.1 Å². The third-order valence-electron chi connectivity index (χ3n) is 3.95. The van der Waals surface area contributed by atoms with Gasteiger partial charge in [-0.25, -0.2) is 4.79 Å². The summed E-state index contributed by atoms with van der Waals surface area (Å²) in [6, 6.07) is 10.7. The first kappa shape index (κ1) is 15.0. The Morgan fingerprint density at radius 2 is 1.65 bits per heavy atom. The quantitative estimate of drug-likeness (QED) is 0.644. The molecule has 0 unspecified atom stereocenters. The van der Waals surface area contributed by atoms with Crippen LogP contribution < -0.4 is 5.63 Å². The monoisotopic (exact) mass is 312 g/mol. The number of phenolic OH excluding ortho intramolecular Hbond substituents is 2. The number of aromatic hydroxyl groups is 3. The maximum atomic E-state index is 12.3. The predicted octanol–water partition coefficient (Wildman–Crippen LogP) is 3.45. The van der Waals surface area contributed by atoms with Gasteiger partial charge in [0.25, 0.3) is 0 Å². The Hall–Kier alpha value is -2.95. The second-order valence-corrected chi connectivity index (χ2v) is 5.38. The van der Waals surface area contributed by atoms with E-state index in [1.54, 1.807) is 12.1 Å². The van der Waals surface area contributed by atoms with Gasteiger partial charge in [-0.3, -0.25) is 0 Å². The van der Waals surface area contributed by atoms with Crippen molar-refractivity contribution in [1.82, 2.24) is 0 Å². The highest BCUT2D eigenvalue weighted by molar-refractivity contribution is 5.85. The minimum atomic E-state index is -0.611. The lowest BCUT2D eigenvalue weighted by molar-refractivity contribution is 0.447. The zero-order chi connectivity index (χ0) is 16.6. The fourth-order valence-corrected chi connectivity index (χ4v) is 2.81. The minimum Gasteiger partial charge on any atom is -0.508 e. The zero-order valence-corrected chi connectivity index (χ0v) is 12.5. The highest BCUT2D eigenvalue weighted by Gasteiger charge is 2.23. The molecule has 5 heteroatoms. The van der Waals surface area contributed by atoms with Gasteiger partial charge in [0.1, 0.15) is 22.8 Å². The second-order valence-electron chi connectivity index (χ2n) is 5.38. The van der Waals surface area contributed by atoms with E-state index in [2.05, 4.69) is 0 Å².